The van der Waals surface area contributed by atoms with E-state index in [1.54, 1.807) is 0 Å². The van der Waals surface area contributed by atoms with Gasteiger partial charge in [-0.25, -0.2) is 0 Å². The van der Waals surface area contributed by atoms with E-state index in [9.17, 15) is 4.79 Å². The molecule has 1 saturated carbocycles. The molecule has 2 nitrogen and oxygen atoms in total. The predicted molar refractivity (Wildman–Crippen MR) is 64.5 cm³/mol. The minimum absolute atomic E-state index is 0.0662. The third kappa shape index (κ3) is 3.64. The molecule has 1 unspecified atom stereocenters. The van der Waals surface area contributed by atoms with Crippen LogP contribution < -0.4 is 0 Å². The summed E-state index contributed by atoms with van der Waals surface area (Å²) in [6, 6.07) is 0. The van der Waals surface area contributed by atoms with Gasteiger partial charge in [-0.15, -0.1) is 0 Å². The van der Waals surface area contributed by atoms with Gasteiger partial charge in [0.25, 0.3) is 0 Å². The quantitative estimate of drug-likeness (QED) is 0.491. The van der Waals surface area contributed by atoms with E-state index in [4.69, 9.17) is 4.74 Å². The van der Waals surface area contributed by atoms with Crippen LogP contribution in [0.1, 0.15) is 25.7 Å². The van der Waals surface area contributed by atoms with E-state index in [1.165, 1.54) is 12.8 Å². The number of ether oxygens (including phenoxy) is 1. The molecule has 0 aromatic carbocycles. The Kier molecular flexibility index (Phi) is 4.62. The molecular formula is C10H20O2SSn. The van der Waals surface area contributed by atoms with Gasteiger partial charge in [0.15, 0.2) is 0 Å². The van der Waals surface area contributed by atoms with Crippen molar-refractivity contribution in [2.45, 2.75) is 49.9 Å². The Bertz CT molecular complexity index is 207. The zero-order valence-electron chi connectivity index (χ0n) is 9.25. The first kappa shape index (κ1) is 12.7. The summed E-state index contributed by atoms with van der Waals surface area (Å²) in [5.41, 5.74) is 0. The first-order valence-corrected chi connectivity index (χ1v) is 16.0. The van der Waals surface area contributed by atoms with Crippen molar-refractivity contribution in [1.82, 2.24) is 0 Å². The maximum atomic E-state index is 11.7. The van der Waals surface area contributed by atoms with E-state index in [2.05, 4.69) is 27.4 Å². The molecule has 0 aromatic rings. The maximum absolute atomic E-state index is 11.7. The number of thiol groups is 1. The molecule has 0 aromatic heterocycles. The van der Waals surface area contributed by atoms with E-state index in [0.717, 1.165) is 12.8 Å². The molecule has 82 valence electrons. The molecule has 1 fully saturated rings. The van der Waals surface area contributed by atoms with Gasteiger partial charge in [0, 0.05) is 0 Å². The Hall–Kier alpha value is 0.619. The Morgan fingerprint density at radius 2 is 1.86 bits per heavy atom. The van der Waals surface area contributed by atoms with Gasteiger partial charge >= 0.3 is 96.4 Å². The fraction of sp³-hybridized carbons (Fsp3) is 0.900. The van der Waals surface area contributed by atoms with Crippen LogP contribution in [-0.4, -0.2) is 33.7 Å². The van der Waals surface area contributed by atoms with Gasteiger partial charge in [-0.05, 0) is 0 Å². The summed E-state index contributed by atoms with van der Waals surface area (Å²) in [5.74, 6) is -0.0662. The average Bonchev–Trinajstić information content (AvgIpc) is 2.53. The zero-order valence-corrected chi connectivity index (χ0v) is 13.0. The second-order valence-corrected chi connectivity index (χ2v) is 22.2. The Morgan fingerprint density at radius 3 is 2.29 bits per heavy atom. The van der Waals surface area contributed by atoms with E-state index in [-0.39, 0.29) is 15.3 Å². The Morgan fingerprint density at radius 1 is 1.36 bits per heavy atom. The third-order valence-corrected chi connectivity index (χ3v) is 13.4. The molecule has 1 aliphatic carbocycles. The molecule has 14 heavy (non-hydrogen) atoms. The molecule has 0 radical (unpaired) electrons. The van der Waals surface area contributed by atoms with Gasteiger partial charge in [0.2, 0.25) is 0 Å². The molecule has 1 atom stereocenters. The summed E-state index contributed by atoms with van der Waals surface area (Å²) < 4.78 is 5.33. The predicted octanol–water partition coefficient (Wildman–Crippen LogP) is 2.65. The van der Waals surface area contributed by atoms with Crippen molar-refractivity contribution in [2.24, 2.45) is 0 Å². The average molecular weight is 323 g/mol. The summed E-state index contributed by atoms with van der Waals surface area (Å²) in [6.45, 7) is 0. The van der Waals surface area contributed by atoms with E-state index in [1.807, 2.05) is 0 Å². The monoisotopic (exact) mass is 324 g/mol. The molecule has 0 aliphatic heterocycles. The number of esters is 1. The van der Waals surface area contributed by atoms with Crippen molar-refractivity contribution in [3.8, 4) is 0 Å². The topological polar surface area (TPSA) is 26.3 Å². The number of hydrogen-bond acceptors (Lipinski definition) is 3. The summed E-state index contributed by atoms with van der Waals surface area (Å²) in [4.78, 5) is 18.3. The molecular weight excluding hydrogens is 303 g/mol. The fourth-order valence-electron chi connectivity index (χ4n) is 1.59. The van der Waals surface area contributed by atoms with Crippen molar-refractivity contribution < 1.29 is 9.53 Å². The first-order valence-electron chi connectivity index (χ1n) is 5.30. The van der Waals surface area contributed by atoms with Crippen LogP contribution in [0.4, 0.5) is 0 Å². The third-order valence-electron chi connectivity index (χ3n) is 2.63. The summed E-state index contributed by atoms with van der Waals surface area (Å²) in [7, 11) is 0. The van der Waals surface area contributed by atoms with Gasteiger partial charge in [0.05, 0.1) is 0 Å². The minimum atomic E-state index is -2.21. The van der Waals surface area contributed by atoms with Crippen molar-refractivity contribution >= 4 is 37.0 Å². The van der Waals surface area contributed by atoms with Gasteiger partial charge in [-0.3, -0.25) is 0 Å². The molecule has 4 heteroatoms. The molecule has 0 spiro atoms. The number of carbonyl (C=O) groups is 1. The van der Waals surface area contributed by atoms with Gasteiger partial charge < -0.3 is 0 Å². The van der Waals surface area contributed by atoms with Gasteiger partial charge in [-0.1, -0.05) is 0 Å². The van der Waals surface area contributed by atoms with Crippen LogP contribution >= 0.6 is 12.6 Å². The van der Waals surface area contributed by atoms with Crippen LogP contribution in [-0.2, 0) is 9.53 Å². The molecule has 0 heterocycles. The van der Waals surface area contributed by atoms with E-state index >= 15 is 0 Å². The van der Waals surface area contributed by atoms with Crippen molar-refractivity contribution in [3.05, 3.63) is 0 Å². The normalized spacial score (nSPS) is 20.9. The van der Waals surface area contributed by atoms with Gasteiger partial charge in [0.1, 0.15) is 0 Å². The number of hydrogen-bond donors (Lipinski definition) is 1. The number of carbonyl (C=O) groups excluding carboxylic acids is 1. The second-order valence-electron chi connectivity index (χ2n) is 5.11. The number of rotatable bonds is 3. The van der Waals surface area contributed by atoms with Crippen molar-refractivity contribution in [3.63, 3.8) is 0 Å². The van der Waals surface area contributed by atoms with E-state index in [0.29, 0.717) is 0 Å². The molecule has 0 saturated heterocycles. The van der Waals surface area contributed by atoms with Crippen molar-refractivity contribution in [1.29, 1.82) is 0 Å². The van der Waals surface area contributed by atoms with Gasteiger partial charge in [-0.2, -0.15) is 0 Å². The van der Waals surface area contributed by atoms with Crippen LogP contribution in [0.15, 0.2) is 0 Å². The zero-order chi connectivity index (χ0) is 10.8. The second kappa shape index (κ2) is 5.10. The fourth-order valence-corrected chi connectivity index (χ4v) is 3.86. The van der Waals surface area contributed by atoms with Crippen LogP contribution in [0.3, 0.4) is 0 Å². The molecule has 1 rings (SSSR count). The molecule has 0 N–H and O–H groups in total. The standard InChI is InChI=1S/C7H11O2S.3CH3.Sn/c8-7(5-10)9-6-3-1-2-4-6;;;;/h5-6,10H,1-4H2;3*1H3;. The summed E-state index contributed by atoms with van der Waals surface area (Å²) in [6.07, 6.45) is 4.69. The summed E-state index contributed by atoms with van der Waals surface area (Å²) in [5, 5.41) is 0. The SMILES string of the molecule is [CH3][Sn]([CH3])([CH3])[CH](S)C(=O)OC1CCCC1. The Labute approximate surface area is 96.1 Å². The first-order chi connectivity index (χ1) is 6.41. The molecule has 0 amide bonds. The van der Waals surface area contributed by atoms with Crippen molar-refractivity contribution in [2.75, 3.05) is 0 Å². The van der Waals surface area contributed by atoms with E-state index < -0.39 is 18.4 Å². The molecule has 0 bridgehead atoms. The van der Waals surface area contributed by atoms with Crippen LogP contribution in [0.5, 0.6) is 0 Å². The van der Waals surface area contributed by atoms with Crippen LogP contribution in [0.25, 0.3) is 0 Å². The Balaban J connectivity index is 2.41. The molecule has 1 aliphatic rings. The van der Waals surface area contributed by atoms with Crippen LogP contribution in [0, 0.1) is 0 Å². The van der Waals surface area contributed by atoms with Crippen LogP contribution in [0.2, 0.25) is 14.8 Å². The summed E-state index contributed by atoms with van der Waals surface area (Å²) >= 11 is 2.18.